The molecule has 0 aliphatic rings. The van der Waals surface area contributed by atoms with Crippen LogP contribution in [0.25, 0.3) is 0 Å². The Morgan fingerprint density at radius 2 is 2.21 bits per heavy atom. The van der Waals surface area contributed by atoms with Gasteiger partial charge in [-0.05, 0) is 20.3 Å². The summed E-state index contributed by atoms with van der Waals surface area (Å²) in [6, 6.07) is 0. The number of hydrogen-bond donors (Lipinski definition) is 1. The summed E-state index contributed by atoms with van der Waals surface area (Å²) in [5.74, 6) is -0.333. The van der Waals surface area contributed by atoms with Crippen molar-refractivity contribution in [3.05, 3.63) is 17.0 Å². The molecular formula is C10H16N2O2. The van der Waals surface area contributed by atoms with Crippen LogP contribution in [0.3, 0.4) is 0 Å². The van der Waals surface area contributed by atoms with Gasteiger partial charge in [-0.3, -0.25) is 5.10 Å². The van der Waals surface area contributed by atoms with Gasteiger partial charge < -0.3 is 4.74 Å². The lowest BCUT2D eigenvalue weighted by Crippen LogP contribution is -2.08. The predicted octanol–water partition coefficient (Wildman–Crippen LogP) is 1.98. The normalized spacial score (nSPS) is 10.2. The summed E-state index contributed by atoms with van der Waals surface area (Å²) in [6.45, 7) is 6.26. The van der Waals surface area contributed by atoms with E-state index in [1.54, 1.807) is 0 Å². The fraction of sp³-hybridized carbons (Fsp3) is 0.600. The van der Waals surface area contributed by atoms with E-state index in [9.17, 15) is 4.79 Å². The first-order valence-corrected chi connectivity index (χ1v) is 4.85. The van der Waals surface area contributed by atoms with Gasteiger partial charge in [0.05, 0.1) is 6.61 Å². The second-order valence-electron chi connectivity index (χ2n) is 3.31. The molecule has 0 spiro atoms. The highest BCUT2D eigenvalue weighted by Gasteiger charge is 2.15. The van der Waals surface area contributed by atoms with Gasteiger partial charge in [-0.1, -0.05) is 13.3 Å². The van der Waals surface area contributed by atoms with Gasteiger partial charge in [0.2, 0.25) is 0 Å². The molecule has 0 aliphatic carbocycles. The molecule has 0 aliphatic heterocycles. The van der Waals surface area contributed by atoms with Crippen molar-refractivity contribution >= 4 is 5.97 Å². The van der Waals surface area contributed by atoms with Gasteiger partial charge in [-0.2, -0.15) is 5.10 Å². The number of unbranched alkanes of at least 4 members (excludes halogenated alkanes) is 1. The lowest BCUT2D eigenvalue weighted by atomic mass is 10.2. The topological polar surface area (TPSA) is 55.0 Å². The maximum atomic E-state index is 11.4. The Kier molecular flexibility index (Phi) is 3.68. The molecule has 1 heterocycles. The highest BCUT2D eigenvalue weighted by Crippen LogP contribution is 2.09. The molecular weight excluding hydrogens is 180 g/mol. The lowest BCUT2D eigenvalue weighted by molar-refractivity contribution is 0.0492. The summed E-state index contributed by atoms with van der Waals surface area (Å²) >= 11 is 0. The molecule has 14 heavy (non-hydrogen) atoms. The largest absolute Gasteiger partial charge is 0.461 e. The first-order chi connectivity index (χ1) is 6.66. The SMILES string of the molecule is CCCCOC(=O)c1n[nH]c(C)c1C. The zero-order valence-electron chi connectivity index (χ0n) is 8.89. The minimum atomic E-state index is -0.333. The van der Waals surface area contributed by atoms with Crippen molar-refractivity contribution in [2.24, 2.45) is 0 Å². The Bertz CT molecular complexity index is 318. The first kappa shape index (κ1) is 10.8. The summed E-state index contributed by atoms with van der Waals surface area (Å²) in [6.07, 6.45) is 1.92. The van der Waals surface area contributed by atoms with Crippen molar-refractivity contribution < 1.29 is 9.53 Å². The molecule has 0 atom stereocenters. The van der Waals surface area contributed by atoms with E-state index in [0.29, 0.717) is 12.3 Å². The molecule has 0 saturated heterocycles. The van der Waals surface area contributed by atoms with Crippen molar-refractivity contribution in [1.29, 1.82) is 0 Å². The molecule has 78 valence electrons. The average molecular weight is 196 g/mol. The average Bonchev–Trinajstić information content (AvgIpc) is 2.48. The summed E-state index contributed by atoms with van der Waals surface area (Å²) in [4.78, 5) is 11.4. The molecule has 0 radical (unpaired) electrons. The van der Waals surface area contributed by atoms with Crippen molar-refractivity contribution in [3.8, 4) is 0 Å². The third-order valence-corrected chi connectivity index (χ3v) is 2.18. The third kappa shape index (κ3) is 2.34. The minimum absolute atomic E-state index is 0.333. The summed E-state index contributed by atoms with van der Waals surface area (Å²) in [5, 5.41) is 6.65. The number of nitrogens with zero attached hydrogens (tertiary/aromatic N) is 1. The monoisotopic (exact) mass is 196 g/mol. The van der Waals surface area contributed by atoms with E-state index in [1.807, 2.05) is 13.8 Å². The van der Waals surface area contributed by atoms with E-state index < -0.39 is 0 Å². The van der Waals surface area contributed by atoms with Crippen LogP contribution in [0.1, 0.15) is 41.5 Å². The highest BCUT2D eigenvalue weighted by atomic mass is 16.5. The molecule has 0 fully saturated rings. The van der Waals surface area contributed by atoms with Crippen LogP contribution in [0.2, 0.25) is 0 Å². The highest BCUT2D eigenvalue weighted by molar-refractivity contribution is 5.88. The molecule has 0 unspecified atom stereocenters. The third-order valence-electron chi connectivity index (χ3n) is 2.18. The number of aryl methyl sites for hydroxylation is 1. The van der Waals surface area contributed by atoms with Gasteiger partial charge in [-0.25, -0.2) is 4.79 Å². The summed E-state index contributed by atoms with van der Waals surface area (Å²) < 4.78 is 5.04. The fourth-order valence-electron chi connectivity index (χ4n) is 1.06. The smallest absolute Gasteiger partial charge is 0.359 e. The van der Waals surface area contributed by atoms with Crippen LogP contribution in [0.4, 0.5) is 0 Å². The minimum Gasteiger partial charge on any atom is -0.461 e. The van der Waals surface area contributed by atoms with Crippen molar-refractivity contribution in [2.75, 3.05) is 6.61 Å². The Hall–Kier alpha value is -1.32. The quantitative estimate of drug-likeness (QED) is 0.591. The Balaban J connectivity index is 2.56. The van der Waals surface area contributed by atoms with Crippen molar-refractivity contribution in [2.45, 2.75) is 33.6 Å². The van der Waals surface area contributed by atoms with Gasteiger partial charge >= 0.3 is 5.97 Å². The number of hydrogen-bond acceptors (Lipinski definition) is 3. The number of rotatable bonds is 4. The van der Waals surface area contributed by atoms with Gasteiger partial charge in [0.1, 0.15) is 0 Å². The number of H-pyrrole nitrogens is 1. The van der Waals surface area contributed by atoms with Crippen LogP contribution < -0.4 is 0 Å². The van der Waals surface area contributed by atoms with Gasteiger partial charge in [0.15, 0.2) is 5.69 Å². The molecule has 0 amide bonds. The van der Waals surface area contributed by atoms with Crippen LogP contribution in [-0.4, -0.2) is 22.8 Å². The van der Waals surface area contributed by atoms with Gasteiger partial charge in [0, 0.05) is 11.3 Å². The Morgan fingerprint density at radius 3 is 2.71 bits per heavy atom. The van der Waals surface area contributed by atoms with E-state index in [-0.39, 0.29) is 5.97 Å². The molecule has 4 nitrogen and oxygen atoms in total. The summed E-state index contributed by atoms with van der Waals surface area (Å²) in [5.41, 5.74) is 2.18. The number of aromatic amines is 1. The van der Waals surface area contributed by atoms with Crippen molar-refractivity contribution in [1.82, 2.24) is 10.2 Å². The fourth-order valence-corrected chi connectivity index (χ4v) is 1.06. The van der Waals surface area contributed by atoms with E-state index in [2.05, 4.69) is 17.1 Å². The number of carbonyl (C=O) groups excluding carboxylic acids is 1. The number of carbonyl (C=O) groups is 1. The van der Waals surface area contributed by atoms with Crippen molar-refractivity contribution in [3.63, 3.8) is 0 Å². The predicted molar refractivity (Wildman–Crippen MR) is 53.3 cm³/mol. The van der Waals surface area contributed by atoms with E-state index in [0.717, 1.165) is 24.1 Å². The molecule has 0 aromatic carbocycles. The molecule has 4 heteroatoms. The lowest BCUT2D eigenvalue weighted by Gasteiger charge is -2.01. The summed E-state index contributed by atoms with van der Waals surface area (Å²) in [7, 11) is 0. The van der Waals surface area contributed by atoms with Gasteiger partial charge in [0.25, 0.3) is 0 Å². The Morgan fingerprint density at radius 1 is 1.50 bits per heavy atom. The molecule has 1 rings (SSSR count). The molecule has 1 aromatic rings. The number of aromatic nitrogens is 2. The molecule has 0 bridgehead atoms. The van der Waals surface area contributed by atoms with Crippen LogP contribution in [-0.2, 0) is 4.74 Å². The van der Waals surface area contributed by atoms with Gasteiger partial charge in [-0.15, -0.1) is 0 Å². The Labute approximate surface area is 83.7 Å². The number of nitrogens with one attached hydrogen (secondary N) is 1. The second kappa shape index (κ2) is 4.79. The van der Waals surface area contributed by atoms with Crippen LogP contribution in [0, 0.1) is 13.8 Å². The standard InChI is InChI=1S/C10H16N2O2/c1-4-5-6-14-10(13)9-7(2)8(3)11-12-9/h4-6H2,1-3H3,(H,11,12). The molecule has 1 aromatic heterocycles. The van der Waals surface area contributed by atoms with E-state index >= 15 is 0 Å². The van der Waals surface area contributed by atoms with Crippen LogP contribution >= 0.6 is 0 Å². The molecule has 1 N–H and O–H groups in total. The number of esters is 1. The van der Waals surface area contributed by atoms with Crippen LogP contribution in [0.15, 0.2) is 0 Å². The maximum Gasteiger partial charge on any atom is 0.359 e. The first-order valence-electron chi connectivity index (χ1n) is 4.85. The van der Waals surface area contributed by atoms with Crippen LogP contribution in [0.5, 0.6) is 0 Å². The van der Waals surface area contributed by atoms with E-state index in [4.69, 9.17) is 4.74 Å². The number of ether oxygens (including phenoxy) is 1. The maximum absolute atomic E-state index is 11.4. The zero-order valence-corrected chi connectivity index (χ0v) is 8.89. The molecule has 0 saturated carbocycles. The van der Waals surface area contributed by atoms with E-state index in [1.165, 1.54) is 0 Å². The second-order valence-corrected chi connectivity index (χ2v) is 3.31. The zero-order chi connectivity index (χ0) is 10.6.